The molecule has 1 aromatic carbocycles. The fourth-order valence-electron chi connectivity index (χ4n) is 2.83. The van der Waals surface area contributed by atoms with Gasteiger partial charge in [-0.1, -0.05) is 6.08 Å². The third kappa shape index (κ3) is 2.94. The number of hydrogen-bond acceptors (Lipinski definition) is 6. The summed E-state index contributed by atoms with van der Waals surface area (Å²) >= 11 is 0. The van der Waals surface area contributed by atoms with Gasteiger partial charge < -0.3 is 15.0 Å². The minimum Gasteiger partial charge on any atom is -0.496 e. The number of nitro groups is 1. The Morgan fingerprint density at radius 1 is 1.42 bits per heavy atom. The summed E-state index contributed by atoms with van der Waals surface area (Å²) in [6.07, 6.45) is 6.55. The van der Waals surface area contributed by atoms with Crippen LogP contribution in [0.25, 0.3) is 0 Å². The smallest absolute Gasteiger partial charge is 0.296 e. The molecule has 9 nitrogen and oxygen atoms in total. The Kier molecular flexibility index (Phi) is 4.29. The maximum Gasteiger partial charge on any atom is 0.296 e. The molecule has 1 unspecified atom stereocenters. The molecule has 2 heterocycles. The Morgan fingerprint density at radius 3 is 2.88 bits per heavy atom. The Morgan fingerprint density at radius 2 is 2.19 bits per heavy atom. The summed E-state index contributed by atoms with van der Waals surface area (Å²) < 4.78 is 4.98. The summed E-state index contributed by atoms with van der Waals surface area (Å²) in [5, 5.41) is 13.9. The number of benzene rings is 1. The van der Waals surface area contributed by atoms with Gasteiger partial charge in [-0.25, -0.2) is 0 Å². The van der Waals surface area contributed by atoms with Crippen molar-refractivity contribution in [3.63, 3.8) is 0 Å². The Labute approximate surface area is 148 Å². The maximum atomic E-state index is 12.9. The van der Waals surface area contributed by atoms with Gasteiger partial charge in [0.15, 0.2) is 0 Å². The first kappa shape index (κ1) is 17.3. The zero-order valence-corrected chi connectivity index (χ0v) is 14.1. The number of ether oxygens (including phenoxy) is 1. The molecule has 26 heavy (non-hydrogen) atoms. The van der Waals surface area contributed by atoms with Crippen LogP contribution in [-0.2, 0) is 9.59 Å². The number of aliphatic imine (C=N–C) groups is 1. The normalized spacial score (nSPS) is 21.1. The minimum atomic E-state index is -1.26. The zero-order chi connectivity index (χ0) is 18.9. The molecule has 2 aliphatic heterocycles. The van der Waals surface area contributed by atoms with Gasteiger partial charge in [0.1, 0.15) is 22.8 Å². The number of nitrogens with one attached hydrogen (secondary N) is 1. The molecule has 0 saturated heterocycles. The van der Waals surface area contributed by atoms with Gasteiger partial charge in [0.25, 0.3) is 17.5 Å². The minimum absolute atomic E-state index is 0.0232. The molecule has 0 spiro atoms. The number of nitrogens with zero attached hydrogens (tertiary/aromatic N) is 3. The number of carbonyl (C=O) groups excluding carboxylic acids is 2. The molecule has 0 fully saturated rings. The summed E-state index contributed by atoms with van der Waals surface area (Å²) in [5.41, 5.74) is -1.54. The lowest BCUT2D eigenvalue weighted by Gasteiger charge is -2.41. The van der Waals surface area contributed by atoms with Gasteiger partial charge in [0, 0.05) is 6.20 Å². The van der Waals surface area contributed by atoms with E-state index in [1.807, 2.05) is 0 Å². The van der Waals surface area contributed by atoms with Crippen molar-refractivity contribution in [1.82, 2.24) is 4.90 Å². The molecule has 134 valence electrons. The second-order valence-electron chi connectivity index (χ2n) is 5.98. The van der Waals surface area contributed by atoms with Crippen LogP contribution in [0.3, 0.4) is 0 Å². The van der Waals surface area contributed by atoms with E-state index in [4.69, 9.17) is 4.74 Å². The van der Waals surface area contributed by atoms with Crippen LogP contribution in [0, 0.1) is 10.1 Å². The molecule has 1 atom stereocenters. The predicted molar refractivity (Wildman–Crippen MR) is 93.9 cm³/mol. The maximum absolute atomic E-state index is 12.9. The number of allylic oxidation sites excluding steroid dienone is 2. The fourth-order valence-corrected chi connectivity index (χ4v) is 2.83. The second kappa shape index (κ2) is 6.43. The molecular weight excluding hydrogens is 340 g/mol. The highest BCUT2D eigenvalue weighted by Gasteiger charge is 2.45. The monoisotopic (exact) mass is 356 g/mol. The van der Waals surface area contributed by atoms with Crippen LogP contribution >= 0.6 is 0 Å². The van der Waals surface area contributed by atoms with Crippen LogP contribution in [0.15, 0.2) is 47.6 Å². The van der Waals surface area contributed by atoms with E-state index in [0.29, 0.717) is 11.6 Å². The summed E-state index contributed by atoms with van der Waals surface area (Å²) in [4.78, 5) is 41.1. The van der Waals surface area contributed by atoms with E-state index in [2.05, 4.69) is 10.3 Å². The van der Waals surface area contributed by atoms with Crippen LogP contribution in [0.2, 0.25) is 0 Å². The van der Waals surface area contributed by atoms with Gasteiger partial charge in [-0.15, -0.1) is 0 Å². The molecule has 0 aromatic heterocycles. The molecule has 9 heteroatoms. The van der Waals surface area contributed by atoms with Crippen LogP contribution < -0.4 is 10.1 Å². The number of anilines is 1. The standard InChI is InChI=1S/C17H16N4O5/c1-17(10-15(22)19-14-5-3-4-8-20(14)17)16(23)18-12-7-6-11(26-2)9-13(12)21(24)25/h3-9H,10H2,1-2H3,(H,18,23). The molecule has 2 amide bonds. The molecule has 0 bridgehead atoms. The summed E-state index contributed by atoms with van der Waals surface area (Å²) in [5.74, 6) is -0.331. The highest BCUT2D eigenvalue weighted by atomic mass is 16.6. The molecule has 1 aromatic rings. The number of rotatable bonds is 4. The first-order valence-corrected chi connectivity index (χ1v) is 7.75. The van der Waals surface area contributed by atoms with Gasteiger partial charge in [-0.2, -0.15) is 4.99 Å². The molecular formula is C17H16N4O5. The SMILES string of the molecule is COc1ccc(NC(=O)C2(C)CC(=O)N=C3C=CC=CN32)c([N+](=O)[O-])c1. The first-order valence-electron chi connectivity index (χ1n) is 7.75. The van der Waals surface area contributed by atoms with Crippen molar-refractivity contribution < 1.29 is 19.2 Å². The largest absolute Gasteiger partial charge is 0.496 e. The van der Waals surface area contributed by atoms with Gasteiger partial charge >= 0.3 is 0 Å². The molecule has 0 saturated carbocycles. The molecule has 1 N–H and O–H groups in total. The number of amides is 2. The summed E-state index contributed by atoms with van der Waals surface area (Å²) in [6.45, 7) is 1.59. The summed E-state index contributed by atoms with van der Waals surface area (Å²) in [6, 6.07) is 4.12. The first-order chi connectivity index (χ1) is 12.3. The zero-order valence-electron chi connectivity index (χ0n) is 14.1. The van der Waals surface area contributed by atoms with E-state index in [0.717, 1.165) is 0 Å². The quantitative estimate of drug-likeness (QED) is 0.652. The van der Waals surface area contributed by atoms with Crippen molar-refractivity contribution in [1.29, 1.82) is 0 Å². The average molecular weight is 356 g/mol. The Bertz CT molecular complexity index is 889. The van der Waals surface area contributed by atoms with Gasteiger partial charge in [0.2, 0.25) is 0 Å². The predicted octanol–water partition coefficient (Wildman–Crippen LogP) is 2.01. The third-order valence-electron chi connectivity index (χ3n) is 4.24. The van der Waals surface area contributed by atoms with Crippen molar-refractivity contribution in [3.05, 3.63) is 52.7 Å². The van der Waals surface area contributed by atoms with E-state index >= 15 is 0 Å². The number of amidine groups is 1. The van der Waals surface area contributed by atoms with Gasteiger partial charge in [0.05, 0.1) is 24.5 Å². The average Bonchev–Trinajstić information content (AvgIpc) is 2.61. The number of carbonyl (C=O) groups is 2. The lowest BCUT2D eigenvalue weighted by atomic mass is 9.91. The van der Waals surface area contributed by atoms with Crippen LogP contribution in [0.1, 0.15) is 13.3 Å². The molecule has 0 radical (unpaired) electrons. The van der Waals surface area contributed by atoms with Crippen molar-refractivity contribution in [2.45, 2.75) is 18.9 Å². The fraction of sp³-hybridized carbons (Fsp3) is 0.235. The van der Waals surface area contributed by atoms with Gasteiger partial charge in [-0.05, 0) is 31.2 Å². The van der Waals surface area contributed by atoms with E-state index in [9.17, 15) is 19.7 Å². The van der Waals surface area contributed by atoms with Crippen molar-refractivity contribution in [3.8, 4) is 5.75 Å². The van der Waals surface area contributed by atoms with E-state index in [1.165, 1.54) is 25.3 Å². The number of methoxy groups -OCH3 is 1. The topological polar surface area (TPSA) is 114 Å². The molecule has 3 rings (SSSR count). The lowest BCUT2D eigenvalue weighted by Crippen LogP contribution is -2.58. The van der Waals surface area contributed by atoms with Crippen molar-refractivity contribution in [2.75, 3.05) is 12.4 Å². The lowest BCUT2D eigenvalue weighted by molar-refractivity contribution is -0.384. The van der Waals surface area contributed by atoms with Crippen LogP contribution in [0.4, 0.5) is 11.4 Å². The number of fused-ring (bicyclic) bond motifs is 1. The highest BCUT2D eigenvalue weighted by Crippen LogP contribution is 2.33. The van der Waals surface area contributed by atoms with Gasteiger partial charge in [-0.3, -0.25) is 19.7 Å². The number of nitro benzene ring substituents is 1. The molecule has 2 aliphatic rings. The van der Waals surface area contributed by atoms with Crippen molar-refractivity contribution >= 4 is 29.0 Å². The summed E-state index contributed by atoms with van der Waals surface area (Å²) in [7, 11) is 1.39. The van der Waals surface area contributed by atoms with E-state index < -0.39 is 22.3 Å². The Balaban J connectivity index is 1.94. The van der Waals surface area contributed by atoms with E-state index in [-0.39, 0.29) is 17.8 Å². The van der Waals surface area contributed by atoms with Crippen LogP contribution in [0.5, 0.6) is 5.75 Å². The Hall–Kier alpha value is -3.49. The highest BCUT2D eigenvalue weighted by molar-refractivity contribution is 6.12. The number of hydrogen-bond donors (Lipinski definition) is 1. The second-order valence-corrected chi connectivity index (χ2v) is 5.98. The molecule has 0 aliphatic carbocycles. The van der Waals surface area contributed by atoms with Crippen LogP contribution in [-0.4, -0.2) is 40.1 Å². The van der Waals surface area contributed by atoms with E-state index in [1.54, 1.807) is 36.3 Å². The van der Waals surface area contributed by atoms with Crippen molar-refractivity contribution in [2.24, 2.45) is 4.99 Å². The third-order valence-corrected chi connectivity index (χ3v) is 4.24.